The largest absolute Gasteiger partial charge is 0.463 e. The molecule has 0 aromatic rings. The second kappa shape index (κ2) is 10.1. The first-order valence-corrected chi connectivity index (χ1v) is 8.34. The van der Waals surface area contributed by atoms with E-state index in [1.54, 1.807) is 7.05 Å². The van der Waals surface area contributed by atoms with Gasteiger partial charge in [0.1, 0.15) is 0 Å². The number of hydrogen-bond donors (Lipinski definition) is 3. The maximum absolute atomic E-state index is 11.6. The highest BCUT2D eigenvalue weighted by Crippen LogP contribution is 2.21. The molecule has 0 aromatic carbocycles. The highest BCUT2D eigenvalue weighted by Gasteiger charge is 2.20. The number of amides is 1. The van der Waals surface area contributed by atoms with E-state index in [0.717, 1.165) is 17.6 Å². The summed E-state index contributed by atoms with van der Waals surface area (Å²) < 4.78 is 0. The molecule has 5 heteroatoms. The lowest BCUT2D eigenvalue weighted by Gasteiger charge is -2.11. The van der Waals surface area contributed by atoms with Gasteiger partial charge in [-0.15, -0.1) is 11.6 Å². The Hall–Kier alpha value is -1.81. The number of nitrogens with one attached hydrogen (secondary N) is 2. The minimum atomic E-state index is -0.417. The molecule has 0 heterocycles. The summed E-state index contributed by atoms with van der Waals surface area (Å²) in [6.07, 6.45) is 13.7. The van der Waals surface area contributed by atoms with E-state index in [1.807, 2.05) is 44.2 Å². The van der Waals surface area contributed by atoms with Crippen LogP contribution >= 0.6 is 11.6 Å². The zero-order valence-electron chi connectivity index (χ0n) is 14.0. The van der Waals surface area contributed by atoms with Crippen molar-refractivity contribution in [2.75, 3.05) is 7.05 Å². The Kier molecular flexibility index (Phi) is 8.41. The van der Waals surface area contributed by atoms with E-state index in [9.17, 15) is 9.90 Å². The van der Waals surface area contributed by atoms with Crippen molar-refractivity contribution in [3.8, 4) is 0 Å². The first-order valence-electron chi connectivity index (χ1n) is 7.90. The van der Waals surface area contributed by atoms with Crippen LogP contribution in [0.15, 0.2) is 47.6 Å². The molecule has 23 heavy (non-hydrogen) atoms. The van der Waals surface area contributed by atoms with E-state index in [-0.39, 0.29) is 17.2 Å². The fraction of sp³-hybridized carbons (Fsp3) is 0.444. The molecule has 0 spiro atoms. The van der Waals surface area contributed by atoms with Crippen LogP contribution in [0.4, 0.5) is 0 Å². The topological polar surface area (TPSA) is 63.3 Å². The van der Waals surface area contributed by atoms with Gasteiger partial charge in [-0.2, -0.15) is 0 Å². The van der Waals surface area contributed by atoms with Crippen LogP contribution in [-0.2, 0) is 4.79 Å². The number of carbonyl (C=O) groups excluding carboxylic acids is 1. The number of allylic oxidation sites excluding steroid dienone is 7. The van der Waals surface area contributed by atoms with Crippen molar-refractivity contribution in [3.05, 3.63) is 47.6 Å². The Balaban J connectivity index is 2.66. The van der Waals surface area contributed by atoms with Crippen molar-refractivity contribution in [1.82, 2.24) is 5.32 Å². The van der Waals surface area contributed by atoms with Crippen molar-refractivity contribution in [3.63, 3.8) is 0 Å². The summed E-state index contributed by atoms with van der Waals surface area (Å²) in [5.41, 5.74) is 2.21. The van der Waals surface area contributed by atoms with Gasteiger partial charge in [-0.25, -0.2) is 4.99 Å². The van der Waals surface area contributed by atoms with Gasteiger partial charge in [-0.05, 0) is 24.5 Å². The quantitative estimate of drug-likeness (QED) is 0.288. The highest BCUT2D eigenvalue weighted by molar-refractivity contribution is 6.22. The van der Waals surface area contributed by atoms with Gasteiger partial charge in [0.2, 0.25) is 6.04 Å². The van der Waals surface area contributed by atoms with Crippen molar-refractivity contribution >= 4 is 23.4 Å². The van der Waals surface area contributed by atoms with E-state index < -0.39 is 6.04 Å². The standard InChI is InChI=1S/C18H25ClN2O2/c1-4-13(14-9-11-15(19)12-10-14)7-6-8-17(22)21-16(5-2)18(23)20-3/h4,6-7,9-11,15-16H,5,8,12H2,1-3H3,(H,20,23)(H,21,22)/p+1/b7-6-,13-4+/t15?,16-/m0/s1. The molecule has 1 amide bonds. The maximum Gasteiger partial charge on any atom is 0.336 e. The SMILES string of the molecule is C/C=C(\C=C/CC(O)=[NH+][C@@H](CC)C(=O)NC)C1=CCC(Cl)C=C1. The van der Waals surface area contributed by atoms with Crippen LogP contribution in [0.1, 0.15) is 33.1 Å². The Morgan fingerprint density at radius 1 is 1.61 bits per heavy atom. The summed E-state index contributed by atoms with van der Waals surface area (Å²) in [6, 6.07) is -0.417. The molecule has 0 fully saturated rings. The second-order valence-corrected chi connectivity index (χ2v) is 5.85. The van der Waals surface area contributed by atoms with Crippen LogP contribution < -0.4 is 10.3 Å². The molecule has 0 radical (unpaired) electrons. The summed E-state index contributed by atoms with van der Waals surface area (Å²) in [5, 5.41) is 12.6. The number of likely N-dealkylation sites (N-methyl/N-ethyl adjacent to an activating group) is 1. The summed E-state index contributed by atoms with van der Waals surface area (Å²) in [4.78, 5) is 14.4. The van der Waals surface area contributed by atoms with Crippen LogP contribution in [0, 0.1) is 0 Å². The molecule has 1 aliphatic carbocycles. The zero-order chi connectivity index (χ0) is 17.2. The monoisotopic (exact) mass is 337 g/mol. The first-order chi connectivity index (χ1) is 11.0. The minimum Gasteiger partial charge on any atom is -0.463 e. The highest BCUT2D eigenvalue weighted by atomic mass is 35.5. The number of alkyl halides is 1. The summed E-state index contributed by atoms with van der Waals surface area (Å²) in [6.45, 7) is 3.86. The second-order valence-electron chi connectivity index (χ2n) is 5.29. The van der Waals surface area contributed by atoms with Gasteiger partial charge in [0.25, 0.3) is 5.91 Å². The van der Waals surface area contributed by atoms with E-state index >= 15 is 0 Å². The summed E-state index contributed by atoms with van der Waals surface area (Å²) in [5.74, 6) is -0.0496. The number of rotatable bonds is 7. The Bertz CT molecular complexity index is 559. The average Bonchev–Trinajstić information content (AvgIpc) is 2.57. The van der Waals surface area contributed by atoms with Crippen LogP contribution in [0.25, 0.3) is 0 Å². The van der Waals surface area contributed by atoms with Gasteiger partial charge >= 0.3 is 5.90 Å². The molecule has 0 bridgehead atoms. The molecule has 1 aliphatic rings. The molecule has 3 N–H and O–H groups in total. The molecule has 0 aromatic heterocycles. The number of aliphatic hydroxyl groups is 1. The third kappa shape index (κ3) is 6.45. The normalized spacial score (nSPS) is 20.5. The first kappa shape index (κ1) is 19.2. The molecule has 126 valence electrons. The molecule has 0 saturated heterocycles. The van der Waals surface area contributed by atoms with Gasteiger partial charge in [-0.3, -0.25) is 4.79 Å². The predicted molar refractivity (Wildman–Crippen MR) is 95.7 cm³/mol. The third-order valence-electron chi connectivity index (χ3n) is 3.61. The van der Waals surface area contributed by atoms with Crippen LogP contribution in [0.3, 0.4) is 0 Å². The van der Waals surface area contributed by atoms with Crippen molar-refractivity contribution in [2.45, 2.75) is 44.5 Å². The Morgan fingerprint density at radius 2 is 2.35 bits per heavy atom. The average molecular weight is 338 g/mol. The van der Waals surface area contributed by atoms with Crippen molar-refractivity contribution < 1.29 is 14.9 Å². The Morgan fingerprint density at radius 3 is 2.87 bits per heavy atom. The predicted octanol–water partition coefficient (Wildman–Crippen LogP) is 1.93. The molecule has 4 nitrogen and oxygen atoms in total. The molecular formula is C18H26ClN2O2+. The summed E-state index contributed by atoms with van der Waals surface area (Å²) >= 11 is 6.03. The third-order valence-corrected chi connectivity index (χ3v) is 3.94. The van der Waals surface area contributed by atoms with Crippen molar-refractivity contribution in [1.29, 1.82) is 0 Å². The molecule has 2 atom stereocenters. The fourth-order valence-corrected chi connectivity index (χ4v) is 2.41. The lowest BCUT2D eigenvalue weighted by Crippen LogP contribution is -2.83. The van der Waals surface area contributed by atoms with Gasteiger partial charge in [0, 0.05) is 13.5 Å². The molecular weight excluding hydrogens is 312 g/mol. The smallest absolute Gasteiger partial charge is 0.336 e. The molecule has 1 unspecified atom stereocenters. The van der Waals surface area contributed by atoms with Gasteiger partial charge in [0.15, 0.2) is 0 Å². The van der Waals surface area contributed by atoms with Crippen LogP contribution in [0.5, 0.6) is 0 Å². The number of aliphatic hydroxyl groups excluding tert-OH is 1. The fourth-order valence-electron chi connectivity index (χ4n) is 2.25. The molecule has 0 saturated carbocycles. The number of halogens is 1. The summed E-state index contributed by atoms with van der Waals surface area (Å²) in [7, 11) is 1.58. The van der Waals surface area contributed by atoms with Crippen LogP contribution in [0.2, 0.25) is 0 Å². The van der Waals surface area contributed by atoms with Gasteiger partial charge in [-0.1, -0.05) is 43.4 Å². The van der Waals surface area contributed by atoms with E-state index in [1.165, 1.54) is 0 Å². The lowest BCUT2D eigenvalue weighted by atomic mass is 9.98. The molecule has 1 rings (SSSR count). The molecule has 0 aliphatic heterocycles. The van der Waals surface area contributed by atoms with Gasteiger partial charge in [0.05, 0.1) is 11.8 Å². The van der Waals surface area contributed by atoms with Crippen molar-refractivity contribution in [2.24, 2.45) is 0 Å². The van der Waals surface area contributed by atoms with Crippen LogP contribution in [-0.4, -0.2) is 35.4 Å². The Labute approximate surface area is 143 Å². The zero-order valence-corrected chi connectivity index (χ0v) is 14.7. The minimum absolute atomic E-state index is 0.0677. The maximum atomic E-state index is 11.6. The van der Waals surface area contributed by atoms with E-state index in [4.69, 9.17) is 11.6 Å². The van der Waals surface area contributed by atoms with E-state index in [0.29, 0.717) is 12.8 Å². The number of carbonyl (C=O) groups is 1. The van der Waals surface area contributed by atoms with E-state index in [2.05, 4.69) is 16.4 Å². The van der Waals surface area contributed by atoms with Gasteiger partial charge < -0.3 is 10.4 Å². The lowest BCUT2D eigenvalue weighted by molar-refractivity contribution is -0.497. The number of hydrogen-bond acceptors (Lipinski definition) is 1.